The van der Waals surface area contributed by atoms with E-state index in [-0.39, 0.29) is 5.56 Å². The van der Waals surface area contributed by atoms with Crippen molar-refractivity contribution in [1.82, 2.24) is 20.2 Å². The molecule has 3 N–H and O–H groups in total. The molecule has 0 spiro atoms. The average Bonchev–Trinajstić information content (AvgIpc) is 2.99. The molecule has 1 amide bonds. The average molecular weight is 447 g/mol. The fourth-order valence-electron chi connectivity index (χ4n) is 3.68. The second-order valence-corrected chi connectivity index (χ2v) is 7.15. The van der Waals surface area contributed by atoms with Gasteiger partial charge in [0.2, 0.25) is 0 Å². The fraction of sp³-hybridized carbons (Fsp3) is 0.190. The third kappa shape index (κ3) is 3.76. The third-order valence-electron chi connectivity index (χ3n) is 5.21. The highest BCUT2D eigenvalue weighted by atomic mass is 19.4. The third-order valence-corrected chi connectivity index (χ3v) is 5.21. The highest BCUT2D eigenvalue weighted by Crippen LogP contribution is 2.39. The predicted octanol–water partition coefficient (Wildman–Crippen LogP) is 2.73. The van der Waals surface area contributed by atoms with E-state index in [0.29, 0.717) is 16.7 Å². The molecule has 11 heteroatoms. The van der Waals surface area contributed by atoms with Gasteiger partial charge >= 0.3 is 6.36 Å². The van der Waals surface area contributed by atoms with Gasteiger partial charge in [-0.2, -0.15) is 0 Å². The number of benzene rings is 2. The first-order valence-electron chi connectivity index (χ1n) is 9.34. The van der Waals surface area contributed by atoms with Crippen molar-refractivity contribution in [3.05, 3.63) is 78.1 Å². The van der Waals surface area contributed by atoms with Gasteiger partial charge < -0.3 is 9.64 Å². The minimum absolute atomic E-state index is 0.150. The maximum Gasteiger partial charge on any atom is 0.573 e. The molecule has 7 nitrogen and oxygen atoms in total. The van der Waals surface area contributed by atoms with E-state index in [9.17, 15) is 22.4 Å². The molecular weight excluding hydrogens is 430 g/mol. The Kier molecular flexibility index (Phi) is 5.31. The van der Waals surface area contributed by atoms with Crippen molar-refractivity contribution in [2.75, 3.05) is 7.05 Å². The summed E-state index contributed by atoms with van der Waals surface area (Å²) in [6, 6.07) is 8.92. The number of ether oxygens (including phenoxy) is 1. The predicted molar refractivity (Wildman–Crippen MR) is 105 cm³/mol. The number of alkyl halides is 3. The van der Waals surface area contributed by atoms with Gasteiger partial charge in [0, 0.05) is 30.6 Å². The minimum Gasteiger partial charge on any atom is -0.406 e. The molecule has 0 aliphatic carbocycles. The van der Waals surface area contributed by atoms with E-state index in [2.05, 4.69) is 20.0 Å². The Hall–Kier alpha value is -3.57. The number of carbonyl (C=O) groups is 1. The van der Waals surface area contributed by atoms with E-state index in [1.807, 2.05) is 0 Å². The van der Waals surface area contributed by atoms with Gasteiger partial charge in [-0.1, -0.05) is 18.2 Å². The van der Waals surface area contributed by atoms with E-state index in [1.165, 1.54) is 61.0 Å². The number of nitrogens with two attached hydrogens (primary N) is 1. The van der Waals surface area contributed by atoms with Crippen LogP contribution in [0.15, 0.2) is 61.2 Å². The number of nitrogens with one attached hydrogen (secondary N) is 1. The monoisotopic (exact) mass is 447 g/mol. The SMILES string of the molecule is CN1C(=O)[C@@](c2ccc(OC(F)(F)F)cc2)(c2ccc(F)c(-c3cncnc3)c2)NC1N. The fourth-order valence-corrected chi connectivity index (χ4v) is 3.68. The lowest BCUT2D eigenvalue weighted by atomic mass is 9.81. The van der Waals surface area contributed by atoms with Crippen molar-refractivity contribution in [2.45, 2.75) is 18.2 Å². The van der Waals surface area contributed by atoms with Crippen LogP contribution in [-0.4, -0.2) is 40.5 Å². The first-order valence-corrected chi connectivity index (χ1v) is 9.34. The number of hydrogen-bond acceptors (Lipinski definition) is 6. The Morgan fingerprint density at radius 3 is 2.28 bits per heavy atom. The zero-order valence-corrected chi connectivity index (χ0v) is 16.6. The van der Waals surface area contributed by atoms with Gasteiger partial charge in [0.05, 0.1) is 0 Å². The van der Waals surface area contributed by atoms with Crippen molar-refractivity contribution in [1.29, 1.82) is 0 Å². The standard InChI is InChI=1S/C21H17F4N5O2/c1-30-18(31)20(29-19(30)26,13-2-5-15(6-3-13)32-21(23,24)25)14-4-7-17(22)16(8-14)12-9-27-11-28-10-12/h2-11,19,29H,26H2,1H3/t19?,20-/m1/s1. The molecule has 0 radical (unpaired) electrons. The number of carbonyl (C=O) groups excluding carboxylic acids is 1. The van der Waals surface area contributed by atoms with Gasteiger partial charge in [0.1, 0.15) is 24.2 Å². The molecule has 1 aliphatic heterocycles. The second kappa shape index (κ2) is 7.84. The number of aromatic nitrogens is 2. The van der Waals surface area contributed by atoms with E-state index < -0.39 is 35.7 Å². The van der Waals surface area contributed by atoms with Crippen molar-refractivity contribution in [3.63, 3.8) is 0 Å². The van der Waals surface area contributed by atoms with Crippen LogP contribution in [-0.2, 0) is 10.3 Å². The van der Waals surface area contributed by atoms with Gasteiger partial charge in [-0.05, 0) is 35.4 Å². The summed E-state index contributed by atoms with van der Waals surface area (Å²) in [5.74, 6) is -1.46. The first-order chi connectivity index (χ1) is 15.1. The van der Waals surface area contributed by atoms with Crippen LogP contribution in [0.3, 0.4) is 0 Å². The molecule has 0 bridgehead atoms. The summed E-state index contributed by atoms with van der Waals surface area (Å²) >= 11 is 0. The minimum atomic E-state index is -4.85. The van der Waals surface area contributed by atoms with Crippen molar-refractivity contribution >= 4 is 5.91 Å². The van der Waals surface area contributed by atoms with Crippen molar-refractivity contribution in [3.8, 4) is 16.9 Å². The molecule has 32 heavy (non-hydrogen) atoms. The molecule has 2 aromatic carbocycles. The largest absolute Gasteiger partial charge is 0.573 e. The highest BCUT2D eigenvalue weighted by Gasteiger charge is 2.51. The number of nitrogens with zero attached hydrogens (tertiary/aromatic N) is 3. The van der Waals surface area contributed by atoms with E-state index >= 15 is 0 Å². The molecule has 3 aromatic rings. The Balaban J connectivity index is 1.85. The van der Waals surface area contributed by atoms with Gasteiger partial charge in [-0.3, -0.25) is 15.8 Å². The summed E-state index contributed by atoms with van der Waals surface area (Å²) in [4.78, 5) is 22.4. The molecular formula is C21H17F4N5O2. The lowest BCUT2D eigenvalue weighted by Gasteiger charge is -2.29. The van der Waals surface area contributed by atoms with Crippen LogP contribution in [0.4, 0.5) is 17.6 Å². The van der Waals surface area contributed by atoms with Gasteiger partial charge in [-0.25, -0.2) is 14.4 Å². The van der Waals surface area contributed by atoms with E-state index in [0.717, 1.165) is 12.1 Å². The topological polar surface area (TPSA) is 93.4 Å². The molecule has 4 rings (SSSR count). The summed E-state index contributed by atoms with van der Waals surface area (Å²) in [5, 5.41) is 3.00. The molecule has 2 heterocycles. The Labute approximate surface area is 179 Å². The Morgan fingerprint density at radius 1 is 1.09 bits per heavy atom. The molecule has 166 valence electrons. The Bertz CT molecular complexity index is 1140. The quantitative estimate of drug-likeness (QED) is 0.598. The summed E-state index contributed by atoms with van der Waals surface area (Å²) in [6.07, 6.45) is -1.60. The van der Waals surface area contributed by atoms with Crippen LogP contribution in [0.1, 0.15) is 11.1 Å². The lowest BCUT2D eigenvalue weighted by Crippen LogP contribution is -2.48. The number of likely N-dealkylation sites (N-methyl/N-ethyl adjacent to an activating group) is 1. The van der Waals surface area contributed by atoms with Crippen molar-refractivity contribution < 1.29 is 27.1 Å². The Morgan fingerprint density at radius 2 is 1.72 bits per heavy atom. The van der Waals surface area contributed by atoms with E-state index in [4.69, 9.17) is 5.73 Å². The van der Waals surface area contributed by atoms with Crippen molar-refractivity contribution in [2.24, 2.45) is 5.73 Å². The molecule has 1 unspecified atom stereocenters. The van der Waals surface area contributed by atoms with Gasteiger partial charge in [-0.15, -0.1) is 13.2 Å². The van der Waals surface area contributed by atoms with Crippen LogP contribution in [0.5, 0.6) is 5.75 Å². The first kappa shape index (κ1) is 21.7. The maximum absolute atomic E-state index is 14.6. The highest BCUT2D eigenvalue weighted by molar-refractivity contribution is 5.94. The second-order valence-electron chi connectivity index (χ2n) is 7.15. The molecule has 1 saturated heterocycles. The number of halogens is 4. The zero-order chi connectivity index (χ0) is 23.1. The van der Waals surface area contributed by atoms with Crippen LogP contribution in [0.2, 0.25) is 0 Å². The molecule has 0 saturated carbocycles. The molecule has 1 aromatic heterocycles. The number of amides is 1. The molecule has 1 fully saturated rings. The zero-order valence-electron chi connectivity index (χ0n) is 16.6. The van der Waals surface area contributed by atoms with Crippen LogP contribution in [0.25, 0.3) is 11.1 Å². The number of rotatable bonds is 4. The summed E-state index contributed by atoms with van der Waals surface area (Å²) in [7, 11) is 1.48. The number of hydrogen-bond donors (Lipinski definition) is 2. The van der Waals surface area contributed by atoms with E-state index in [1.54, 1.807) is 0 Å². The summed E-state index contributed by atoms with van der Waals surface area (Å²) in [5.41, 5.74) is 5.65. The smallest absolute Gasteiger partial charge is 0.406 e. The molecule has 1 aliphatic rings. The van der Waals surface area contributed by atoms with Gasteiger partial charge in [0.25, 0.3) is 5.91 Å². The summed E-state index contributed by atoms with van der Waals surface area (Å²) < 4.78 is 56.1. The maximum atomic E-state index is 14.6. The van der Waals surface area contributed by atoms with Crippen LogP contribution < -0.4 is 15.8 Å². The molecule has 2 atom stereocenters. The van der Waals surface area contributed by atoms with Gasteiger partial charge in [0.15, 0.2) is 5.54 Å². The lowest BCUT2D eigenvalue weighted by molar-refractivity contribution is -0.274. The van der Waals surface area contributed by atoms with Crippen LogP contribution in [0, 0.1) is 5.82 Å². The normalized spacial score (nSPS) is 21.1. The van der Waals surface area contributed by atoms with Crippen LogP contribution >= 0.6 is 0 Å². The summed E-state index contributed by atoms with van der Waals surface area (Å²) in [6.45, 7) is 0.